The number of hydrogen-bond acceptors (Lipinski definition) is 5. The Bertz CT molecular complexity index is 978. The minimum atomic E-state index is -0.959. The fraction of sp³-hybridized carbons (Fsp3) is 0.0625. The number of halogens is 2. The van der Waals surface area contributed by atoms with Crippen molar-refractivity contribution >= 4 is 40.7 Å². The number of rotatable bonds is 4. The zero-order valence-electron chi connectivity index (χ0n) is 12.9. The Kier molecular flexibility index (Phi) is 4.39. The van der Waals surface area contributed by atoms with Crippen LogP contribution in [-0.4, -0.2) is 34.1 Å². The number of nitro benzene ring substituents is 1. The molecule has 3 amide bonds. The molecule has 0 radical (unpaired) electrons. The minimum absolute atomic E-state index is 0.161. The molecule has 3 rings (SSSR count). The van der Waals surface area contributed by atoms with Gasteiger partial charge in [-0.15, -0.1) is 0 Å². The van der Waals surface area contributed by atoms with Crippen LogP contribution >= 0.6 is 11.6 Å². The molecule has 1 N–H and O–H groups in total. The van der Waals surface area contributed by atoms with E-state index in [-0.39, 0.29) is 21.8 Å². The van der Waals surface area contributed by atoms with Crippen molar-refractivity contribution in [3.8, 4) is 0 Å². The third kappa shape index (κ3) is 2.88. The first-order valence-electron chi connectivity index (χ1n) is 7.18. The number of imide groups is 1. The SMILES string of the molecule is O=C(CN1C(=O)c2cccc([N+](=O)[O-])c2C1=O)Nc1cccc(Cl)c1F. The van der Waals surface area contributed by atoms with Gasteiger partial charge in [0.2, 0.25) is 5.91 Å². The lowest BCUT2D eigenvalue weighted by Gasteiger charge is -2.14. The Hall–Kier alpha value is -3.33. The highest BCUT2D eigenvalue weighted by molar-refractivity contribution is 6.31. The maximum atomic E-state index is 13.8. The van der Waals surface area contributed by atoms with Crippen LogP contribution in [0.4, 0.5) is 15.8 Å². The normalized spacial score (nSPS) is 12.9. The molecule has 2 aromatic rings. The van der Waals surface area contributed by atoms with Gasteiger partial charge in [-0.25, -0.2) is 4.39 Å². The van der Waals surface area contributed by atoms with Crippen LogP contribution in [0.1, 0.15) is 20.7 Å². The Morgan fingerprint density at radius 1 is 1.19 bits per heavy atom. The van der Waals surface area contributed by atoms with Crippen molar-refractivity contribution in [3.63, 3.8) is 0 Å². The van der Waals surface area contributed by atoms with Crippen molar-refractivity contribution in [3.05, 3.63) is 68.5 Å². The Labute approximate surface area is 150 Å². The number of nitrogens with one attached hydrogen (secondary N) is 1. The van der Waals surface area contributed by atoms with Crippen LogP contribution < -0.4 is 5.32 Å². The van der Waals surface area contributed by atoms with Gasteiger partial charge in [-0.3, -0.25) is 29.4 Å². The molecule has 10 heteroatoms. The van der Waals surface area contributed by atoms with Crippen LogP contribution in [0.25, 0.3) is 0 Å². The van der Waals surface area contributed by atoms with E-state index in [2.05, 4.69) is 5.32 Å². The van der Waals surface area contributed by atoms with Crippen molar-refractivity contribution < 1.29 is 23.7 Å². The molecule has 1 heterocycles. The third-order valence-corrected chi connectivity index (χ3v) is 3.99. The summed E-state index contributed by atoms with van der Waals surface area (Å²) in [5, 5.41) is 13.0. The van der Waals surface area contributed by atoms with Crippen molar-refractivity contribution in [1.29, 1.82) is 0 Å². The van der Waals surface area contributed by atoms with E-state index >= 15 is 0 Å². The fourth-order valence-electron chi connectivity index (χ4n) is 2.55. The molecule has 132 valence electrons. The number of carbonyl (C=O) groups excluding carboxylic acids is 3. The topological polar surface area (TPSA) is 110 Å². The minimum Gasteiger partial charge on any atom is -0.322 e. The highest BCUT2D eigenvalue weighted by Gasteiger charge is 2.41. The lowest BCUT2D eigenvalue weighted by Crippen LogP contribution is -2.37. The van der Waals surface area contributed by atoms with E-state index in [1.807, 2.05) is 0 Å². The molecule has 0 atom stereocenters. The van der Waals surface area contributed by atoms with Gasteiger partial charge in [-0.2, -0.15) is 0 Å². The van der Waals surface area contributed by atoms with Crippen molar-refractivity contribution in [2.75, 3.05) is 11.9 Å². The van der Waals surface area contributed by atoms with Gasteiger partial charge in [-0.1, -0.05) is 23.7 Å². The standard InChI is InChI=1S/C16H9ClFN3O5/c17-9-4-2-5-10(14(9)18)19-12(22)7-20-15(23)8-3-1-6-11(21(25)26)13(8)16(20)24/h1-6H,7H2,(H,19,22). The average Bonchev–Trinajstić information content (AvgIpc) is 2.84. The number of nitro groups is 1. The summed E-state index contributed by atoms with van der Waals surface area (Å²) in [7, 11) is 0. The summed E-state index contributed by atoms with van der Waals surface area (Å²) in [4.78, 5) is 47.6. The predicted octanol–water partition coefficient (Wildman–Crippen LogP) is 2.62. The van der Waals surface area contributed by atoms with E-state index in [9.17, 15) is 28.9 Å². The van der Waals surface area contributed by atoms with E-state index in [4.69, 9.17) is 11.6 Å². The Balaban J connectivity index is 1.83. The maximum absolute atomic E-state index is 13.8. The average molecular weight is 378 g/mol. The molecule has 0 unspecified atom stereocenters. The number of amides is 3. The van der Waals surface area contributed by atoms with Crippen LogP contribution in [0.3, 0.4) is 0 Å². The fourth-order valence-corrected chi connectivity index (χ4v) is 2.72. The highest BCUT2D eigenvalue weighted by atomic mass is 35.5. The molecule has 0 spiro atoms. The molecular weight excluding hydrogens is 369 g/mol. The number of anilines is 1. The van der Waals surface area contributed by atoms with Gasteiger partial charge >= 0.3 is 0 Å². The van der Waals surface area contributed by atoms with E-state index < -0.39 is 40.7 Å². The Morgan fingerprint density at radius 2 is 1.88 bits per heavy atom. The van der Waals surface area contributed by atoms with E-state index in [1.54, 1.807) is 0 Å². The molecular formula is C16H9ClFN3O5. The molecule has 26 heavy (non-hydrogen) atoms. The summed E-state index contributed by atoms with van der Waals surface area (Å²) in [6.45, 7) is -0.727. The first-order valence-corrected chi connectivity index (χ1v) is 7.56. The summed E-state index contributed by atoms with van der Waals surface area (Å²) >= 11 is 5.61. The summed E-state index contributed by atoms with van der Waals surface area (Å²) in [6.07, 6.45) is 0. The van der Waals surface area contributed by atoms with Gasteiger partial charge in [0, 0.05) is 6.07 Å². The second-order valence-electron chi connectivity index (χ2n) is 5.30. The predicted molar refractivity (Wildman–Crippen MR) is 88.5 cm³/mol. The van der Waals surface area contributed by atoms with Crippen LogP contribution in [-0.2, 0) is 4.79 Å². The van der Waals surface area contributed by atoms with Gasteiger partial charge in [0.05, 0.1) is 21.2 Å². The van der Waals surface area contributed by atoms with Crippen molar-refractivity contribution in [1.82, 2.24) is 4.90 Å². The smallest absolute Gasteiger partial charge is 0.282 e. The molecule has 0 saturated heterocycles. The molecule has 0 aliphatic carbocycles. The first kappa shape index (κ1) is 17.5. The number of fused-ring (bicyclic) bond motifs is 1. The monoisotopic (exact) mass is 377 g/mol. The summed E-state index contributed by atoms with van der Waals surface area (Å²) in [5.41, 5.74) is -1.27. The first-order chi connectivity index (χ1) is 12.3. The van der Waals surface area contributed by atoms with Crippen molar-refractivity contribution in [2.45, 2.75) is 0 Å². The molecule has 2 aromatic carbocycles. The van der Waals surface area contributed by atoms with Gasteiger partial charge < -0.3 is 5.32 Å². The van der Waals surface area contributed by atoms with Crippen LogP contribution in [0, 0.1) is 15.9 Å². The lowest BCUT2D eigenvalue weighted by molar-refractivity contribution is -0.385. The molecule has 0 fully saturated rings. The molecule has 0 aromatic heterocycles. The lowest BCUT2D eigenvalue weighted by atomic mass is 10.1. The molecule has 0 bridgehead atoms. The maximum Gasteiger partial charge on any atom is 0.282 e. The van der Waals surface area contributed by atoms with Crippen LogP contribution in [0.15, 0.2) is 36.4 Å². The largest absolute Gasteiger partial charge is 0.322 e. The molecule has 1 aliphatic heterocycles. The van der Waals surface area contributed by atoms with E-state index in [0.717, 1.165) is 6.07 Å². The second kappa shape index (κ2) is 6.52. The zero-order chi connectivity index (χ0) is 19.0. The molecule has 8 nitrogen and oxygen atoms in total. The van der Waals surface area contributed by atoms with E-state index in [0.29, 0.717) is 4.90 Å². The number of nitrogens with zero attached hydrogens (tertiary/aromatic N) is 2. The summed E-state index contributed by atoms with van der Waals surface area (Å²) in [6, 6.07) is 7.58. The third-order valence-electron chi connectivity index (χ3n) is 3.70. The number of hydrogen-bond donors (Lipinski definition) is 1. The van der Waals surface area contributed by atoms with Crippen molar-refractivity contribution in [2.24, 2.45) is 0 Å². The van der Waals surface area contributed by atoms with Gasteiger partial charge in [0.25, 0.3) is 17.5 Å². The van der Waals surface area contributed by atoms with Gasteiger partial charge in [0.1, 0.15) is 12.1 Å². The highest BCUT2D eigenvalue weighted by Crippen LogP contribution is 2.30. The summed E-state index contributed by atoms with van der Waals surface area (Å²) in [5.74, 6) is -3.52. The molecule has 1 aliphatic rings. The Morgan fingerprint density at radius 3 is 2.58 bits per heavy atom. The van der Waals surface area contributed by atoms with E-state index in [1.165, 1.54) is 30.3 Å². The number of carbonyl (C=O) groups is 3. The van der Waals surface area contributed by atoms with Crippen LogP contribution in [0.2, 0.25) is 5.02 Å². The van der Waals surface area contributed by atoms with Crippen LogP contribution in [0.5, 0.6) is 0 Å². The summed E-state index contributed by atoms with van der Waals surface area (Å²) < 4.78 is 13.8. The van der Waals surface area contributed by atoms with Gasteiger partial charge in [0.15, 0.2) is 5.82 Å². The quantitative estimate of drug-likeness (QED) is 0.500. The molecule has 0 saturated carbocycles. The number of benzene rings is 2. The second-order valence-corrected chi connectivity index (χ2v) is 5.71. The van der Waals surface area contributed by atoms with Gasteiger partial charge in [-0.05, 0) is 18.2 Å². The zero-order valence-corrected chi connectivity index (χ0v) is 13.6.